The van der Waals surface area contributed by atoms with Crippen molar-refractivity contribution in [2.45, 2.75) is 26.7 Å². The minimum Gasteiger partial charge on any atom is -0.375 e. The summed E-state index contributed by atoms with van der Waals surface area (Å²) in [5, 5.41) is 6.20. The molecule has 0 aliphatic heterocycles. The van der Waals surface area contributed by atoms with Gasteiger partial charge in [-0.1, -0.05) is 13.8 Å². The number of nitrogens with two attached hydrogens (primary N) is 1. The molecule has 1 atom stereocenters. The lowest BCUT2D eigenvalue weighted by Gasteiger charge is -2.04. The molecular weight excluding hydrogens is 206 g/mol. The monoisotopic (exact) mass is 225 g/mol. The van der Waals surface area contributed by atoms with Gasteiger partial charge in [-0.15, -0.1) is 11.3 Å². The standard InChI is InChI=1S/C11H19N3S/c1-11(2)5-8(11)6-13-4-3-9-7-15-10(12)14-9/h7-8,13H,3-6H2,1-2H3,(H2,12,14). The third-order valence-corrected chi connectivity index (χ3v) is 3.96. The Morgan fingerprint density at radius 1 is 1.67 bits per heavy atom. The smallest absolute Gasteiger partial charge is 0.180 e. The zero-order valence-corrected chi connectivity index (χ0v) is 10.2. The molecule has 1 unspecified atom stereocenters. The maximum absolute atomic E-state index is 5.56. The molecule has 0 saturated heterocycles. The first-order chi connectivity index (χ1) is 7.08. The summed E-state index contributed by atoms with van der Waals surface area (Å²) < 4.78 is 0. The molecule has 0 aromatic carbocycles. The Kier molecular flexibility index (Phi) is 2.98. The molecule has 0 bridgehead atoms. The van der Waals surface area contributed by atoms with Crippen LogP contribution in [0.2, 0.25) is 0 Å². The summed E-state index contributed by atoms with van der Waals surface area (Å²) in [6, 6.07) is 0. The van der Waals surface area contributed by atoms with E-state index in [-0.39, 0.29) is 0 Å². The first-order valence-electron chi connectivity index (χ1n) is 5.48. The third kappa shape index (κ3) is 2.92. The topological polar surface area (TPSA) is 50.9 Å². The molecule has 1 aromatic heterocycles. The predicted molar refractivity (Wildman–Crippen MR) is 65.0 cm³/mol. The Hall–Kier alpha value is -0.610. The van der Waals surface area contributed by atoms with Crippen molar-refractivity contribution < 1.29 is 0 Å². The van der Waals surface area contributed by atoms with Crippen LogP contribution in [0.15, 0.2) is 5.38 Å². The fourth-order valence-electron chi connectivity index (χ4n) is 1.85. The number of nitrogens with zero attached hydrogens (tertiary/aromatic N) is 1. The number of aromatic nitrogens is 1. The first kappa shape index (κ1) is 10.9. The van der Waals surface area contributed by atoms with Crippen LogP contribution in [0.25, 0.3) is 0 Å². The quantitative estimate of drug-likeness (QED) is 0.753. The van der Waals surface area contributed by atoms with Gasteiger partial charge < -0.3 is 11.1 Å². The van der Waals surface area contributed by atoms with Gasteiger partial charge in [0.1, 0.15) is 0 Å². The van der Waals surface area contributed by atoms with Crippen molar-refractivity contribution in [2.24, 2.45) is 11.3 Å². The lowest BCUT2D eigenvalue weighted by atomic mass is 10.1. The molecule has 3 N–H and O–H groups in total. The van der Waals surface area contributed by atoms with E-state index in [2.05, 4.69) is 24.1 Å². The summed E-state index contributed by atoms with van der Waals surface area (Å²) in [6.07, 6.45) is 2.35. The van der Waals surface area contributed by atoms with Gasteiger partial charge in [0.2, 0.25) is 0 Å². The largest absolute Gasteiger partial charge is 0.375 e. The predicted octanol–water partition coefficient (Wildman–Crippen LogP) is 1.90. The zero-order chi connectivity index (χ0) is 10.9. The minimum absolute atomic E-state index is 0.581. The molecule has 1 heterocycles. The van der Waals surface area contributed by atoms with Gasteiger partial charge in [0.15, 0.2) is 5.13 Å². The number of anilines is 1. The molecule has 1 aromatic rings. The highest BCUT2D eigenvalue weighted by Crippen LogP contribution is 2.50. The molecule has 1 fully saturated rings. The lowest BCUT2D eigenvalue weighted by Crippen LogP contribution is -2.21. The van der Waals surface area contributed by atoms with Crippen molar-refractivity contribution in [2.75, 3.05) is 18.8 Å². The Morgan fingerprint density at radius 2 is 2.40 bits per heavy atom. The second kappa shape index (κ2) is 4.10. The van der Waals surface area contributed by atoms with Crippen molar-refractivity contribution in [3.63, 3.8) is 0 Å². The number of hydrogen-bond donors (Lipinski definition) is 2. The van der Waals surface area contributed by atoms with Gasteiger partial charge in [-0.05, 0) is 24.3 Å². The molecule has 84 valence electrons. The summed E-state index contributed by atoms with van der Waals surface area (Å²) in [5.41, 5.74) is 7.26. The summed E-state index contributed by atoms with van der Waals surface area (Å²) in [5.74, 6) is 0.873. The zero-order valence-electron chi connectivity index (χ0n) is 9.42. The Bertz CT molecular complexity index is 332. The van der Waals surface area contributed by atoms with Crippen LogP contribution >= 0.6 is 11.3 Å². The average molecular weight is 225 g/mol. The van der Waals surface area contributed by atoms with E-state index >= 15 is 0 Å². The van der Waals surface area contributed by atoms with Crippen LogP contribution in [0, 0.1) is 11.3 Å². The molecule has 4 heteroatoms. The molecule has 0 amide bonds. The van der Waals surface area contributed by atoms with E-state index < -0.39 is 0 Å². The van der Waals surface area contributed by atoms with Crippen LogP contribution in [0.5, 0.6) is 0 Å². The number of hydrogen-bond acceptors (Lipinski definition) is 4. The highest BCUT2D eigenvalue weighted by Gasteiger charge is 2.44. The van der Waals surface area contributed by atoms with Crippen LogP contribution < -0.4 is 11.1 Å². The molecule has 1 aliphatic carbocycles. The van der Waals surface area contributed by atoms with Crippen LogP contribution in [0.1, 0.15) is 26.0 Å². The van der Waals surface area contributed by atoms with Gasteiger partial charge in [-0.25, -0.2) is 4.98 Å². The van der Waals surface area contributed by atoms with Gasteiger partial charge in [0.25, 0.3) is 0 Å². The normalized spacial score (nSPS) is 22.9. The highest BCUT2D eigenvalue weighted by atomic mass is 32.1. The minimum atomic E-state index is 0.581. The van der Waals surface area contributed by atoms with E-state index in [1.54, 1.807) is 0 Å². The van der Waals surface area contributed by atoms with Gasteiger partial charge in [-0.2, -0.15) is 0 Å². The number of rotatable bonds is 5. The molecule has 15 heavy (non-hydrogen) atoms. The van der Waals surface area contributed by atoms with E-state index in [4.69, 9.17) is 5.73 Å². The number of nitrogen functional groups attached to an aromatic ring is 1. The van der Waals surface area contributed by atoms with Crippen LogP contribution in [-0.2, 0) is 6.42 Å². The summed E-state index contributed by atoms with van der Waals surface area (Å²) in [7, 11) is 0. The van der Waals surface area contributed by atoms with E-state index in [9.17, 15) is 0 Å². The van der Waals surface area contributed by atoms with E-state index in [0.717, 1.165) is 31.1 Å². The van der Waals surface area contributed by atoms with Crippen molar-refractivity contribution in [3.8, 4) is 0 Å². The first-order valence-corrected chi connectivity index (χ1v) is 6.36. The lowest BCUT2D eigenvalue weighted by molar-refractivity contribution is 0.520. The summed E-state index contributed by atoms with van der Waals surface area (Å²) in [6.45, 7) is 6.82. The average Bonchev–Trinajstić information content (AvgIpc) is 2.58. The molecule has 3 nitrogen and oxygen atoms in total. The highest BCUT2D eigenvalue weighted by molar-refractivity contribution is 7.13. The maximum atomic E-state index is 5.56. The van der Waals surface area contributed by atoms with Crippen LogP contribution in [0.4, 0.5) is 5.13 Å². The van der Waals surface area contributed by atoms with Crippen LogP contribution in [0.3, 0.4) is 0 Å². The molecule has 2 rings (SSSR count). The maximum Gasteiger partial charge on any atom is 0.180 e. The molecule has 0 spiro atoms. The van der Waals surface area contributed by atoms with E-state index in [1.165, 1.54) is 17.8 Å². The van der Waals surface area contributed by atoms with Gasteiger partial charge in [0, 0.05) is 18.3 Å². The summed E-state index contributed by atoms with van der Waals surface area (Å²) in [4.78, 5) is 4.23. The van der Waals surface area contributed by atoms with Crippen molar-refractivity contribution in [1.82, 2.24) is 10.3 Å². The molecule has 1 aliphatic rings. The van der Waals surface area contributed by atoms with Gasteiger partial charge >= 0.3 is 0 Å². The van der Waals surface area contributed by atoms with E-state index in [0.29, 0.717) is 10.5 Å². The molecule has 0 radical (unpaired) electrons. The van der Waals surface area contributed by atoms with Crippen molar-refractivity contribution in [3.05, 3.63) is 11.1 Å². The fourth-order valence-corrected chi connectivity index (χ4v) is 2.45. The number of nitrogens with one attached hydrogen (secondary N) is 1. The molecular formula is C11H19N3S. The van der Waals surface area contributed by atoms with Crippen molar-refractivity contribution in [1.29, 1.82) is 0 Å². The second-order valence-corrected chi connectivity index (χ2v) is 5.91. The summed E-state index contributed by atoms with van der Waals surface area (Å²) >= 11 is 1.52. The molecule has 1 saturated carbocycles. The van der Waals surface area contributed by atoms with E-state index in [1.807, 2.05) is 5.38 Å². The fraction of sp³-hybridized carbons (Fsp3) is 0.727. The third-order valence-electron chi connectivity index (χ3n) is 3.24. The van der Waals surface area contributed by atoms with Crippen LogP contribution in [-0.4, -0.2) is 18.1 Å². The Morgan fingerprint density at radius 3 is 2.93 bits per heavy atom. The Balaban J connectivity index is 1.60. The SMILES string of the molecule is CC1(C)CC1CNCCc1csc(N)n1. The number of thiazole rings is 1. The van der Waals surface area contributed by atoms with Gasteiger partial charge in [0.05, 0.1) is 5.69 Å². The Labute approximate surface area is 95.1 Å². The van der Waals surface area contributed by atoms with Gasteiger partial charge in [-0.3, -0.25) is 0 Å². The second-order valence-electron chi connectivity index (χ2n) is 5.02. The van der Waals surface area contributed by atoms with Crippen molar-refractivity contribution >= 4 is 16.5 Å².